The summed E-state index contributed by atoms with van der Waals surface area (Å²) < 4.78 is 40.5. The standard InChI is InChI=1S/C19H18F3N3OS/c20-19(21,22)14-3-1-4-15(8-14)23-18(27)24-9-12-7-13(11-24)16-5-2-6-17(26)25(16)10-12/h1-6,8,12-13H,7,9-11H2,(H,23,27). The molecule has 4 nitrogen and oxygen atoms in total. The molecular weight excluding hydrogens is 375 g/mol. The number of anilines is 1. The second-order valence-corrected chi connectivity index (χ2v) is 7.50. The average molecular weight is 393 g/mol. The zero-order valence-corrected chi connectivity index (χ0v) is 15.2. The van der Waals surface area contributed by atoms with E-state index in [0.717, 1.165) is 24.2 Å². The maximum Gasteiger partial charge on any atom is 0.416 e. The number of nitrogens with zero attached hydrogens (tertiary/aromatic N) is 2. The third kappa shape index (κ3) is 3.58. The summed E-state index contributed by atoms with van der Waals surface area (Å²) in [5, 5.41) is 3.35. The van der Waals surface area contributed by atoms with Crippen molar-refractivity contribution in [3.63, 3.8) is 0 Å². The molecule has 0 aliphatic carbocycles. The molecule has 27 heavy (non-hydrogen) atoms. The molecule has 1 N–H and O–H groups in total. The van der Waals surface area contributed by atoms with Crippen molar-refractivity contribution in [3.8, 4) is 0 Å². The molecule has 0 spiro atoms. The lowest BCUT2D eigenvalue weighted by Crippen LogP contribution is -2.50. The second kappa shape index (κ2) is 6.67. The van der Waals surface area contributed by atoms with Crippen LogP contribution in [0, 0.1) is 5.92 Å². The number of thiocarbonyl (C=S) groups is 1. The summed E-state index contributed by atoms with van der Waals surface area (Å²) in [5.41, 5.74) is 0.631. The van der Waals surface area contributed by atoms with Gasteiger partial charge < -0.3 is 14.8 Å². The number of benzene rings is 1. The van der Waals surface area contributed by atoms with E-state index in [1.165, 1.54) is 6.07 Å². The van der Waals surface area contributed by atoms with E-state index in [1.54, 1.807) is 18.2 Å². The second-order valence-electron chi connectivity index (χ2n) is 7.11. The molecule has 2 unspecified atom stereocenters. The molecule has 2 aliphatic heterocycles. The number of nitrogens with one attached hydrogen (secondary N) is 1. The number of halogens is 3. The first-order valence-electron chi connectivity index (χ1n) is 8.74. The summed E-state index contributed by atoms with van der Waals surface area (Å²) in [6.07, 6.45) is -3.40. The maximum atomic E-state index is 12.9. The van der Waals surface area contributed by atoms with Crippen LogP contribution in [0.3, 0.4) is 0 Å². The molecule has 0 saturated carbocycles. The minimum atomic E-state index is -4.39. The van der Waals surface area contributed by atoms with Gasteiger partial charge in [-0.05, 0) is 48.8 Å². The van der Waals surface area contributed by atoms with Crippen molar-refractivity contribution in [1.29, 1.82) is 0 Å². The fourth-order valence-electron chi connectivity index (χ4n) is 4.04. The van der Waals surface area contributed by atoms with Crippen molar-refractivity contribution in [2.45, 2.75) is 25.1 Å². The molecule has 2 atom stereocenters. The highest BCUT2D eigenvalue weighted by Gasteiger charge is 2.35. The molecule has 142 valence electrons. The molecule has 4 rings (SSSR count). The highest BCUT2D eigenvalue weighted by atomic mass is 32.1. The van der Waals surface area contributed by atoms with Gasteiger partial charge in [-0.1, -0.05) is 12.1 Å². The third-order valence-corrected chi connectivity index (χ3v) is 5.57. The first-order chi connectivity index (χ1) is 12.8. The highest BCUT2D eigenvalue weighted by Crippen LogP contribution is 2.35. The van der Waals surface area contributed by atoms with Crippen LogP contribution in [-0.2, 0) is 12.7 Å². The fourth-order valence-corrected chi connectivity index (χ4v) is 4.31. The predicted molar refractivity (Wildman–Crippen MR) is 101 cm³/mol. The normalized spacial score (nSPS) is 21.5. The number of pyridine rings is 1. The van der Waals surface area contributed by atoms with E-state index in [-0.39, 0.29) is 17.4 Å². The van der Waals surface area contributed by atoms with Crippen molar-refractivity contribution < 1.29 is 13.2 Å². The van der Waals surface area contributed by atoms with Gasteiger partial charge in [0.2, 0.25) is 0 Å². The van der Waals surface area contributed by atoms with Crippen LogP contribution in [-0.4, -0.2) is 27.7 Å². The third-order valence-electron chi connectivity index (χ3n) is 5.21. The Morgan fingerprint density at radius 2 is 1.89 bits per heavy atom. The van der Waals surface area contributed by atoms with Crippen molar-refractivity contribution >= 4 is 23.0 Å². The van der Waals surface area contributed by atoms with Gasteiger partial charge in [0.15, 0.2) is 5.11 Å². The van der Waals surface area contributed by atoms with E-state index < -0.39 is 11.7 Å². The van der Waals surface area contributed by atoms with E-state index in [1.807, 2.05) is 15.5 Å². The maximum absolute atomic E-state index is 12.9. The predicted octanol–water partition coefficient (Wildman–Crippen LogP) is 3.68. The summed E-state index contributed by atoms with van der Waals surface area (Å²) in [4.78, 5) is 14.1. The molecular formula is C19H18F3N3OS. The monoisotopic (exact) mass is 393 g/mol. The van der Waals surface area contributed by atoms with E-state index in [0.29, 0.717) is 30.4 Å². The smallest absolute Gasteiger partial charge is 0.348 e. The Hall–Kier alpha value is -2.35. The van der Waals surface area contributed by atoms with E-state index in [2.05, 4.69) is 5.32 Å². The quantitative estimate of drug-likeness (QED) is 0.750. The van der Waals surface area contributed by atoms with Crippen molar-refractivity contribution in [2.24, 2.45) is 5.92 Å². The molecule has 0 amide bonds. The molecule has 1 saturated heterocycles. The zero-order valence-electron chi connectivity index (χ0n) is 14.4. The number of likely N-dealkylation sites (tertiary alicyclic amines) is 1. The number of fused-ring (bicyclic) bond motifs is 4. The summed E-state index contributed by atoms with van der Waals surface area (Å²) in [6.45, 7) is 1.97. The Labute approximate surface area is 159 Å². The minimum absolute atomic E-state index is 0.0142. The first kappa shape index (κ1) is 18.0. The van der Waals surface area contributed by atoms with Crippen LogP contribution >= 0.6 is 12.2 Å². The molecule has 0 radical (unpaired) electrons. The van der Waals surface area contributed by atoms with Crippen molar-refractivity contribution in [2.75, 3.05) is 18.4 Å². The van der Waals surface area contributed by atoms with Gasteiger partial charge in [-0.3, -0.25) is 4.79 Å². The van der Waals surface area contributed by atoms with Crippen molar-refractivity contribution in [1.82, 2.24) is 9.47 Å². The lowest BCUT2D eigenvalue weighted by Gasteiger charge is -2.43. The molecule has 8 heteroatoms. The Bertz CT molecular complexity index is 940. The number of piperidine rings is 1. The van der Waals surface area contributed by atoms with Gasteiger partial charge in [-0.2, -0.15) is 13.2 Å². The number of rotatable bonds is 1. The van der Waals surface area contributed by atoms with Crippen LogP contribution in [0.4, 0.5) is 18.9 Å². The first-order valence-corrected chi connectivity index (χ1v) is 9.15. The Balaban J connectivity index is 1.51. The van der Waals surface area contributed by atoms with Crippen molar-refractivity contribution in [3.05, 3.63) is 64.1 Å². The van der Waals surface area contributed by atoms with Gasteiger partial charge in [0.05, 0.1) is 5.56 Å². The molecule has 3 heterocycles. The van der Waals surface area contributed by atoms with Crippen LogP contribution in [0.5, 0.6) is 0 Å². The van der Waals surface area contributed by atoms with Gasteiger partial charge in [0.1, 0.15) is 0 Å². The van der Waals surface area contributed by atoms with Gasteiger partial charge in [-0.25, -0.2) is 0 Å². The Morgan fingerprint density at radius 1 is 1.11 bits per heavy atom. The molecule has 2 bridgehead atoms. The van der Waals surface area contributed by atoms with Gasteiger partial charge in [-0.15, -0.1) is 0 Å². The molecule has 1 aromatic carbocycles. The van der Waals surface area contributed by atoms with Crippen LogP contribution in [0.2, 0.25) is 0 Å². The van der Waals surface area contributed by atoms with Crippen LogP contribution < -0.4 is 10.9 Å². The van der Waals surface area contributed by atoms with Gasteiger partial charge in [0.25, 0.3) is 5.56 Å². The summed E-state index contributed by atoms with van der Waals surface area (Å²) >= 11 is 5.46. The summed E-state index contributed by atoms with van der Waals surface area (Å²) in [6, 6.07) is 10.3. The van der Waals surface area contributed by atoms with Crippen LogP contribution in [0.15, 0.2) is 47.3 Å². The van der Waals surface area contributed by atoms with Gasteiger partial charge in [0, 0.05) is 43.0 Å². The molecule has 1 aromatic heterocycles. The number of alkyl halides is 3. The topological polar surface area (TPSA) is 37.3 Å². The van der Waals surface area contributed by atoms with Crippen LogP contribution in [0.1, 0.15) is 23.6 Å². The average Bonchev–Trinajstić information content (AvgIpc) is 2.62. The van der Waals surface area contributed by atoms with Gasteiger partial charge >= 0.3 is 6.18 Å². The molecule has 2 aliphatic rings. The number of hydrogen-bond acceptors (Lipinski definition) is 2. The SMILES string of the molecule is O=c1cccc2n1CC1CC2CN(C(=S)Nc2cccc(C(F)(F)F)c2)C1. The van der Waals surface area contributed by atoms with E-state index in [9.17, 15) is 18.0 Å². The lowest BCUT2D eigenvalue weighted by atomic mass is 9.83. The van der Waals surface area contributed by atoms with E-state index >= 15 is 0 Å². The number of aromatic nitrogens is 1. The Morgan fingerprint density at radius 3 is 2.67 bits per heavy atom. The summed E-state index contributed by atoms with van der Waals surface area (Å²) in [5.74, 6) is 0.477. The molecule has 1 fully saturated rings. The minimum Gasteiger partial charge on any atom is -0.348 e. The summed E-state index contributed by atoms with van der Waals surface area (Å²) in [7, 11) is 0. The fraction of sp³-hybridized carbons (Fsp3) is 0.368. The van der Waals surface area contributed by atoms with Crippen LogP contribution in [0.25, 0.3) is 0 Å². The highest BCUT2D eigenvalue weighted by molar-refractivity contribution is 7.80. The van der Waals surface area contributed by atoms with E-state index in [4.69, 9.17) is 12.2 Å². The number of hydrogen-bond donors (Lipinski definition) is 1. The largest absolute Gasteiger partial charge is 0.416 e. The zero-order chi connectivity index (χ0) is 19.2. The molecule has 2 aromatic rings. The lowest BCUT2D eigenvalue weighted by molar-refractivity contribution is -0.137. The Kier molecular flexibility index (Phi) is 4.46.